The smallest absolute Gasteiger partial charge is 0.319 e. The summed E-state index contributed by atoms with van der Waals surface area (Å²) in [7, 11) is 0. The van der Waals surface area contributed by atoms with Gasteiger partial charge in [0.1, 0.15) is 17.3 Å². The van der Waals surface area contributed by atoms with Gasteiger partial charge in [-0.1, -0.05) is 12.1 Å². The molecule has 6 N–H and O–H groups in total. The molecule has 7 heteroatoms. The zero-order chi connectivity index (χ0) is 19.3. The molecule has 0 unspecified atom stereocenters. The SMILES string of the molecule is Nc1ccccc1NC1=CC(Oc2ccc(NC(=O)NC3CC3)cc2)=CCN1. The van der Waals surface area contributed by atoms with Crippen molar-refractivity contribution in [2.75, 3.05) is 22.9 Å². The Bertz CT molecular complexity index is 917. The number of amides is 2. The molecule has 2 aromatic carbocycles. The number of nitrogens with one attached hydrogen (secondary N) is 4. The summed E-state index contributed by atoms with van der Waals surface area (Å²) in [5, 5.41) is 12.2. The van der Waals surface area contributed by atoms with Crippen LogP contribution in [0.4, 0.5) is 21.9 Å². The molecule has 0 spiro atoms. The molecule has 0 atom stereocenters. The van der Waals surface area contributed by atoms with E-state index in [2.05, 4.69) is 21.3 Å². The molecule has 1 fully saturated rings. The Labute approximate surface area is 163 Å². The van der Waals surface area contributed by atoms with E-state index >= 15 is 0 Å². The molecule has 0 bridgehead atoms. The van der Waals surface area contributed by atoms with Crippen molar-refractivity contribution in [2.45, 2.75) is 18.9 Å². The van der Waals surface area contributed by atoms with Crippen molar-refractivity contribution in [1.82, 2.24) is 10.6 Å². The highest BCUT2D eigenvalue weighted by Gasteiger charge is 2.23. The van der Waals surface area contributed by atoms with Gasteiger partial charge in [0.25, 0.3) is 0 Å². The molecule has 4 rings (SSSR count). The van der Waals surface area contributed by atoms with Gasteiger partial charge in [-0.15, -0.1) is 0 Å². The number of carbonyl (C=O) groups excluding carboxylic acids is 1. The molecule has 1 saturated carbocycles. The first-order valence-electron chi connectivity index (χ1n) is 9.28. The van der Waals surface area contributed by atoms with Crippen LogP contribution in [0.1, 0.15) is 12.8 Å². The first-order chi connectivity index (χ1) is 13.7. The zero-order valence-electron chi connectivity index (χ0n) is 15.4. The molecule has 1 aliphatic carbocycles. The number of para-hydroxylation sites is 2. The Morgan fingerprint density at radius 2 is 1.89 bits per heavy atom. The van der Waals surface area contributed by atoms with Crippen molar-refractivity contribution in [1.29, 1.82) is 0 Å². The van der Waals surface area contributed by atoms with Crippen LogP contribution in [0.15, 0.2) is 72.3 Å². The number of hydrogen-bond donors (Lipinski definition) is 5. The minimum atomic E-state index is -0.170. The van der Waals surface area contributed by atoms with Crippen LogP contribution in [-0.2, 0) is 0 Å². The number of carbonyl (C=O) groups is 1. The van der Waals surface area contributed by atoms with Gasteiger partial charge in [0, 0.05) is 24.4 Å². The van der Waals surface area contributed by atoms with Crippen molar-refractivity contribution >= 4 is 23.1 Å². The van der Waals surface area contributed by atoms with Gasteiger partial charge in [-0.05, 0) is 55.3 Å². The highest BCUT2D eigenvalue weighted by Crippen LogP contribution is 2.23. The molecule has 144 valence electrons. The van der Waals surface area contributed by atoms with Gasteiger partial charge < -0.3 is 31.7 Å². The predicted molar refractivity (Wildman–Crippen MR) is 111 cm³/mol. The maximum absolute atomic E-state index is 11.8. The molecule has 1 aliphatic heterocycles. The van der Waals surface area contributed by atoms with E-state index in [0.717, 1.165) is 35.8 Å². The largest absolute Gasteiger partial charge is 0.458 e. The molecule has 0 saturated heterocycles. The topological polar surface area (TPSA) is 100 Å². The third-order valence-electron chi connectivity index (χ3n) is 4.37. The monoisotopic (exact) mass is 377 g/mol. The summed E-state index contributed by atoms with van der Waals surface area (Å²) in [6.07, 6.45) is 5.96. The lowest BCUT2D eigenvalue weighted by atomic mass is 10.2. The molecule has 0 radical (unpaired) electrons. The van der Waals surface area contributed by atoms with Crippen LogP contribution < -0.4 is 31.7 Å². The number of rotatable bonds is 6. The minimum absolute atomic E-state index is 0.170. The quantitative estimate of drug-likeness (QED) is 0.497. The van der Waals surface area contributed by atoms with Gasteiger partial charge in [0.15, 0.2) is 0 Å². The van der Waals surface area contributed by atoms with Gasteiger partial charge in [-0.25, -0.2) is 4.79 Å². The van der Waals surface area contributed by atoms with E-state index in [9.17, 15) is 4.79 Å². The predicted octanol–water partition coefficient (Wildman–Crippen LogP) is 3.37. The first kappa shape index (κ1) is 17.8. The Morgan fingerprint density at radius 1 is 1.11 bits per heavy atom. The summed E-state index contributed by atoms with van der Waals surface area (Å²) in [6.45, 7) is 0.641. The second-order valence-electron chi connectivity index (χ2n) is 6.76. The van der Waals surface area contributed by atoms with Crippen molar-refractivity contribution in [3.8, 4) is 5.75 Å². The lowest BCUT2D eigenvalue weighted by molar-refractivity contribution is 0.251. The van der Waals surface area contributed by atoms with Crippen LogP contribution in [0.5, 0.6) is 5.75 Å². The highest BCUT2D eigenvalue weighted by atomic mass is 16.5. The normalized spacial score (nSPS) is 15.6. The third kappa shape index (κ3) is 4.76. The number of nitrogens with two attached hydrogens (primary N) is 1. The van der Waals surface area contributed by atoms with Crippen molar-refractivity contribution < 1.29 is 9.53 Å². The van der Waals surface area contributed by atoms with E-state index in [1.165, 1.54) is 0 Å². The Balaban J connectivity index is 1.35. The standard InChI is InChI=1S/C21H23N5O2/c22-18-3-1-2-4-19(18)26-20-13-17(11-12-23-20)28-16-9-7-15(8-10-16)25-21(27)24-14-5-6-14/h1-4,7-11,13-14,23,26H,5-6,12,22H2,(H2,24,25,27). The number of nitrogen functional groups attached to an aromatic ring is 1. The summed E-state index contributed by atoms with van der Waals surface area (Å²) >= 11 is 0. The van der Waals surface area contributed by atoms with Crippen LogP contribution in [0.25, 0.3) is 0 Å². The van der Waals surface area contributed by atoms with Crippen LogP contribution in [0, 0.1) is 0 Å². The number of hydrogen-bond acceptors (Lipinski definition) is 5. The maximum Gasteiger partial charge on any atom is 0.319 e. The van der Waals surface area contributed by atoms with Gasteiger partial charge in [0.05, 0.1) is 11.4 Å². The van der Waals surface area contributed by atoms with Gasteiger partial charge in [-0.3, -0.25) is 0 Å². The lowest BCUT2D eigenvalue weighted by Gasteiger charge is -2.19. The zero-order valence-corrected chi connectivity index (χ0v) is 15.4. The lowest BCUT2D eigenvalue weighted by Crippen LogP contribution is -2.30. The van der Waals surface area contributed by atoms with Crippen LogP contribution in [0.2, 0.25) is 0 Å². The molecule has 2 aliphatic rings. The number of allylic oxidation sites excluding steroid dienone is 1. The second kappa shape index (κ2) is 7.96. The third-order valence-corrected chi connectivity index (χ3v) is 4.37. The molecular weight excluding hydrogens is 354 g/mol. The maximum atomic E-state index is 11.8. The molecule has 7 nitrogen and oxygen atoms in total. The fourth-order valence-corrected chi connectivity index (χ4v) is 2.74. The van der Waals surface area contributed by atoms with E-state index < -0.39 is 0 Å². The average molecular weight is 377 g/mol. The number of anilines is 3. The van der Waals surface area contributed by atoms with Gasteiger partial charge >= 0.3 is 6.03 Å². The number of benzene rings is 2. The van der Waals surface area contributed by atoms with E-state index in [1.807, 2.05) is 60.7 Å². The molecule has 2 amide bonds. The van der Waals surface area contributed by atoms with E-state index in [4.69, 9.17) is 10.5 Å². The number of urea groups is 1. The van der Waals surface area contributed by atoms with Crippen molar-refractivity contribution in [3.63, 3.8) is 0 Å². The van der Waals surface area contributed by atoms with Gasteiger partial charge in [-0.2, -0.15) is 0 Å². The first-order valence-corrected chi connectivity index (χ1v) is 9.28. The Morgan fingerprint density at radius 3 is 2.64 bits per heavy atom. The molecule has 28 heavy (non-hydrogen) atoms. The van der Waals surface area contributed by atoms with Crippen LogP contribution >= 0.6 is 0 Å². The van der Waals surface area contributed by atoms with E-state index in [-0.39, 0.29) is 6.03 Å². The highest BCUT2D eigenvalue weighted by molar-refractivity contribution is 5.89. The summed E-state index contributed by atoms with van der Waals surface area (Å²) in [6, 6.07) is 15.0. The summed E-state index contributed by atoms with van der Waals surface area (Å²) in [5.74, 6) is 2.23. The number of ether oxygens (including phenoxy) is 1. The second-order valence-corrected chi connectivity index (χ2v) is 6.76. The minimum Gasteiger partial charge on any atom is -0.458 e. The van der Waals surface area contributed by atoms with Crippen molar-refractivity contribution in [2.24, 2.45) is 0 Å². The van der Waals surface area contributed by atoms with Crippen molar-refractivity contribution in [3.05, 3.63) is 72.3 Å². The molecular formula is C21H23N5O2. The molecule has 0 aromatic heterocycles. The van der Waals surface area contributed by atoms with E-state index in [0.29, 0.717) is 24.0 Å². The average Bonchev–Trinajstić information content (AvgIpc) is 3.49. The number of dihydropyridines is 1. The Kier molecular flexibility index (Phi) is 5.05. The van der Waals surface area contributed by atoms with Crippen LogP contribution in [-0.4, -0.2) is 18.6 Å². The summed E-state index contributed by atoms with van der Waals surface area (Å²) in [4.78, 5) is 11.8. The summed E-state index contributed by atoms with van der Waals surface area (Å²) < 4.78 is 5.93. The fraction of sp³-hybridized carbons (Fsp3) is 0.190. The molecule has 1 heterocycles. The van der Waals surface area contributed by atoms with Crippen LogP contribution in [0.3, 0.4) is 0 Å². The Hall–Kier alpha value is -3.61. The van der Waals surface area contributed by atoms with Gasteiger partial charge in [0.2, 0.25) is 0 Å². The summed E-state index contributed by atoms with van der Waals surface area (Å²) in [5.41, 5.74) is 8.21. The molecule has 2 aromatic rings. The van der Waals surface area contributed by atoms with E-state index in [1.54, 1.807) is 0 Å². The fourth-order valence-electron chi connectivity index (χ4n) is 2.74.